The van der Waals surface area contributed by atoms with Gasteiger partial charge in [-0.3, -0.25) is 19.3 Å². The molecule has 0 aliphatic heterocycles. The van der Waals surface area contributed by atoms with E-state index in [1.165, 1.54) is 0 Å². The van der Waals surface area contributed by atoms with Crippen LogP contribution in [0, 0.1) is 0 Å². The van der Waals surface area contributed by atoms with Gasteiger partial charge in [0.05, 0.1) is 25.0 Å². The Kier molecular flexibility index (Phi) is 19.1. The van der Waals surface area contributed by atoms with Gasteiger partial charge in [0.15, 0.2) is 0 Å². The van der Waals surface area contributed by atoms with Crippen LogP contribution in [0.2, 0.25) is 0 Å². The molecule has 0 heterocycles. The molecule has 0 aromatic rings. The van der Waals surface area contributed by atoms with Gasteiger partial charge < -0.3 is 14.6 Å². The average molecular weight is 417 g/mol. The maximum absolute atomic E-state index is 12.6. The minimum absolute atomic E-state index is 0. The number of imide groups is 1. The van der Waals surface area contributed by atoms with Crippen molar-refractivity contribution in [1.29, 1.82) is 0 Å². The Morgan fingerprint density at radius 1 is 0.897 bits per heavy atom. The summed E-state index contributed by atoms with van der Waals surface area (Å²) in [5, 5.41) is 11.6. The van der Waals surface area contributed by atoms with E-state index in [1.54, 1.807) is 19.1 Å². The molecule has 0 spiro atoms. The normalized spacial score (nSPS) is 11.8. The van der Waals surface area contributed by atoms with E-state index in [0.717, 1.165) is 12.8 Å². The molecule has 0 fully saturated rings. The van der Waals surface area contributed by atoms with E-state index in [1.807, 2.05) is 26.0 Å². The third-order valence-corrected chi connectivity index (χ3v) is 3.80. The number of carboxylic acid groups (broad SMARTS) is 1. The van der Waals surface area contributed by atoms with Crippen molar-refractivity contribution in [3.63, 3.8) is 0 Å². The predicted molar refractivity (Wildman–Crippen MR) is 104 cm³/mol. The van der Waals surface area contributed by atoms with Crippen molar-refractivity contribution in [2.75, 3.05) is 6.61 Å². The molecule has 1 unspecified atom stereocenters. The van der Waals surface area contributed by atoms with E-state index in [2.05, 4.69) is 0 Å². The summed E-state index contributed by atoms with van der Waals surface area (Å²) in [6.07, 6.45) is 9.66. The number of allylic oxidation sites excluding steroid dienone is 4. The van der Waals surface area contributed by atoms with Gasteiger partial charge in [-0.05, 0) is 32.1 Å². The number of ether oxygens (including phenoxy) is 1. The van der Waals surface area contributed by atoms with Crippen LogP contribution in [0.25, 0.3) is 0 Å². The molecule has 8 heteroatoms. The Morgan fingerprint density at radius 2 is 1.38 bits per heavy atom. The van der Waals surface area contributed by atoms with Gasteiger partial charge in [0.2, 0.25) is 11.8 Å². The number of nitrogens with zero attached hydrogens (tertiary/aromatic N) is 1. The second-order valence-electron chi connectivity index (χ2n) is 6.25. The van der Waals surface area contributed by atoms with Crippen LogP contribution >= 0.6 is 0 Å². The molecule has 0 bridgehead atoms. The van der Waals surface area contributed by atoms with Gasteiger partial charge in [-0.15, -0.1) is 0 Å². The topological polar surface area (TPSA) is 104 Å². The summed E-state index contributed by atoms with van der Waals surface area (Å²) in [4.78, 5) is 49.3. The van der Waals surface area contributed by atoms with Gasteiger partial charge in [0.1, 0.15) is 0 Å². The molecule has 0 N–H and O–H groups in total. The molecule has 0 saturated heterocycles. The first-order valence-electron chi connectivity index (χ1n) is 9.90. The van der Waals surface area contributed by atoms with Crippen molar-refractivity contribution in [1.82, 2.24) is 4.90 Å². The number of esters is 1. The van der Waals surface area contributed by atoms with Gasteiger partial charge in [0.25, 0.3) is 0 Å². The fourth-order valence-corrected chi connectivity index (χ4v) is 2.42. The van der Waals surface area contributed by atoms with Gasteiger partial charge in [0, 0.05) is 12.8 Å². The van der Waals surface area contributed by atoms with Crippen molar-refractivity contribution >= 4 is 23.8 Å². The van der Waals surface area contributed by atoms with Gasteiger partial charge in [-0.1, -0.05) is 45.1 Å². The maximum Gasteiger partial charge on any atom is 1.00 e. The first-order valence-corrected chi connectivity index (χ1v) is 9.90. The Balaban J connectivity index is 0. The first-order chi connectivity index (χ1) is 13.4. The summed E-state index contributed by atoms with van der Waals surface area (Å²) >= 11 is 0. The Hall–Kier alpha value is -1.44. The molecule has 0 aliphatic rings. The van der Waals surface area contributed by atoms with E-state index in [-0.39, 0.29) is 49.0 Å². The quantitative estimate of drug-likeness (QED) is 0.210. The number of hydrogen-bond donors (Lipinski definition) is 0. The molecule has 0 aromatic heterocycles. The molecule has 0 saturated carbocycles. The summed E-state index contributed by atoms with van der Waals surface area (Å²) in [6, 6.07) is -1.67. The van der Waals surface area contributed by atoms with E-state index in [9.17, 15) is 24.3 Å². The zero-order valence-corrected chi connectivity index (χ0v) is 20.1. The van der Waals surface area contributed by atoms with E-state index < -0.39 is 36.2 Å². The van der Waals surface area contributed by atoms with Crippen LogP contribution in [0.3, 0.4) is 0 Å². The van der Waals surface area contributed by atoms with Crippen LogP contribution in [-0.2, 0) is 23.9 Å². The van der Waals surface area contributed by atoms with Crippen LogP contribution in [0.1, 0.15) is 72.1 Å². The number of aliphatic carboxylic acids is 1. The van der Waals surface area contributed by atoms with Crippen LogP contribution < -0.4 is 34.7 Å². The first kappa shape index (κ1) is 29.8. The molecule has 0 aromatic carbocycles. The van der Waals surface area contributed by atoms with Crippen molar-refractivity contribution in [2.45, 2.75) is 78.2 Å². The Bertz CT molecular complexity index is 544. The van der Waals surface area contributed by atoms with E-state index >= 15 is 0 Å². The Labute approximate surface area is 195 Å². The molecule has 0 rings (SSSR count). The molecule has 158 valence electrons. The SMILES string of the molecule is CC/C=C/CCC(=O)N(C(=O)CC/C=C/CC)C(CC(=O)OCCC)C(=O)[O-].[Na+]. The van der Waals surface area contributed by atoms with Gasteiger partial charge in [-0.2, -0.15) is 0 Å². The number of carboxylic acids is 1. The average Bonchev–Trinajstić information content (AvgIpc) is 2.66. The number of carbonyl (C=O) groups is 4. The van der Waals surface area contributed by atoms with E-state index in [0.29, 0.717) is 24.2 Å². The van der Waals surface area contributed by atoms with Crippen molar-refractivity contribution in [2.24, 2.45) is 0 Å². The third kappa shape index (κ3) is 13.4. The fourth-order valence-electron chi connectivity index (χ4n) is 2.42. The summed E-state index contributed by atoms with van der Waals surface area (Å²) in [7, 11) is 0. The summed E-state index contributed by atoms with van der Waals surface area (Å²) in [5.41, 5.74) is 0. The number of carbonyl (C=O) groups excluding carboxylic acids is 4. The minimum Gasteiger partial charge on any atom is -0.548 e. The fraction of sp³-hybridized carbons (Fsp3) is 0.619. The predicted octanol–water partition coefficient (Wildman–Crippen LogP) is -0.700. The monoisotopic (exact) mass is 417 g/mol. The zero-order chi connectivity index (χ0) is 21.4. The molecule has 2 amide bonds. The molecule has 7 nitrogen and oxygen atoms in total. The van der Waals surface area contributed by atoms with Crippen molar-refractivity contribution in [3.8, 4) is 0 Å². The van der Waals surface area contributed by atoms with Crippen LogP contribution in [0.5, 0.6) is 0 Å². The summed E-state index contributed by atoms with van der Waals surface area (Å²) < 4.78 is 4.91. The van der Waals surface area contributed by atoms with Crippen LogP contribution in [0.15, 0.2) is 24.3 Å². The van der Waals surface area contributed by atoms with Gasteiger partial charge >= 0.3 is 35.5 Å². The summed E-state index contributed by atoms with van der Waals surface area (Å²) in [5.74, 6) is -3.70. The second-order valence-corrected chi connectivity index (χ2v) is 6.25. The molecule has 1 atom stereocenters. The zero-order valence-electron chi connectivity index (χ0n) is 18.1. The standard InChI is InChI=1S/C21H33NO6.Na/c1-4-7-9-11-13-18(23)22(19(24)14-12-10-8-5-2)17(21(26)27)16-20(25)28-15-6-3;/h7-10,17H,4-6,11-16H2,1-3H3,(H,26,27);/q;+1/p-1/b9-7+,10-8+;. The van der Waals surface area contributed by atoms with Crippen LogP contribution in [-0.4, -0.2) is 41.3 Å². The number of amides is 2. The molecule has 0 aliphatic carbocycles. The summed E-state index contributed by atoms with van der Waals surface area (Å²) in [6.45, 7) is 5.85. The van der Waals surface area contributed by atoms with Crippen molar-refractivity contribution in [3.05, 3.63) is 24.3 Å². The second kappa shape index (κ2) is 18.6. The number of hydrogen-bond acceptors (Lipinski definition) is 6. The smallest absolute Gasteiger partial charge is 0.548 e. The van der Waals surface area contributed by atoms with Gasteiger partial charge in [-0.25, -0.2) is 0 Å². The van der Waals surface area contributed by atoms with E-state index in [4.69, 9.17) is 4.74 Å². The third-order valence-electron chi connectivity index (χ3n) is 3.80. The number of rotatable bonds is 14. The maximum atomic E-state index is 12.6. The molecular weight excluding hydrogens is 385 g/mol. The van der Waals surface area contributed by atoms with Crippen LogP contribution in [0.4, 0.5) is 0 Å². The Morgan fingerprint density at radius 3 is 1.76 bits per heavy atom. The molecule has 29 heavy (non-hydrogen) atoms. The largest absolute Gasteiger partial charge is 1.00 e. The van der Waals surface area contributed by atoms with Crippen molar-refractivity contribution < 1.29 is 58.6 Å². The molecular formula is C21H32NNaO6. The minimum atomic E-state index is -1.67. The molecule has 0 radical (unpaired) electrons.